The Morgan fingerprint density at radius 2 is 0.975 bits per heavy atom. The average Bonchev–Trinajstić information content (AvgIpc) is 3.07. The number of benzene rings is 2. The Bertz CT molecular complexity index is 951. The van der Waals surface area contributed by atoms with E-state index in [2.05, 4.69) is 9.80 Å². The first kappa shape index (κ1) is 29.0. The maximum absolute atomic E-state index is 14.5. The van der Waals surface area contributed by atoms with Crippen molar-refractivity contribution in [1.29, 1.82) is 0 Å². The zero-order valence-corrected chi connectivity index (χ0v) is 23.4. The molecule has 2 aromatic rings. The maximum Gasteiger partial charge on any atom is 0.320 e. The molecule has 2 aromatic carbocycles. The van der Waals surface area contributed by atoms with Crippen LogP contribution in [0.5, 0.6) is 0 Å². The quantitative estimate of drug-likeness (QED) is 0.460. The minimum Gasteiger partial charge on any atom is -0.388 e. The predicted octanol–water partition coefficient (Wildman–Crippen LogP) is 1.33. The highest BCUT2D eigenvalue weighted by molar-refractivity contribution is 5.76. The summed E-state index contributed by atoms with van der Waals surface area (Å²) in [5.41, 5.74) is 2.06. The summed E-state index contributed by atoms with van der Waals surface area (Å²) in [4.78, 5) is 22.8. The number of hydrogen-bond donors (Lipinski definition) is 2. The fourth-order valence-corrected chi connectivity index (χ4v) is 6.12. The molecule has 3 saturated heterocycles. The van der Waals surface area contributed by atoms with Crippen molar-refractivity contribution in [2.24, 2.45) is 0 Å². The minimum absolute atomic E-state index is 0.112. The number of aliphatic hydroxyl groups excluding tert-OH is 2. The number of morpholine rings is 2. The maximum atomic E-state index is 14.5. The summed E-state index contributed by atoms with van der Waals surface area (Å²) in [7, 11) is 0. The normalized spacial score (nSPS) is 27.1. The highest BCUT2D eigenvalue weighted by Gasteiger charge is 2.46. The van der Waals surface area contributed by atoms with Gasteiger partial charge in [0.1, 0.15) is 12.2 Å². The van der Waals surface area contributed by atoms with Crippen LogP contribution in [0, 0.1) is 0 Å². The van der Waals surface area contributed by atoms with Crippen molar-refractivity contribution in [3.63, 3.8) is 0 Å². The van der Waals surface area contributed by atoms with Gasteiger partial charge in [0.05, 0.1) is 38.5 Å². The van der Waals surface area contributed by atoms with Crippen molar-refractivity contribution in [3.8, 4) is 0 Å². The topological polar surface area (TPSA) is 89.0 Å². The summed E-state index contributed by atoms with van der Waals surface area (Å²) in [6, 6.07) is 18.7. The van der Waals surface area contributed by atoms with E-state index in [0.29, 0.717) is 65.4 Å². The third-order valence-corrected chi connectivity index (χ3v) is 8.53. The molecule has 2 N–H and O–H groups in total. The van der Waals surface area contributed by atoms with Gasteiger partial charge in [0.15, 0.2) is 0 Å². The van der Waals surface area contributed by atoms with Gasteiger partial charge in [0, 0.05) is 52.4 Å². The van der Waals surface area contributed by atoms with Crippen molar-refractivity contribution < 1.29 is 24.5 Å². The SMILES string of the molecule is O=C1N(CCN2CCOCC2)[C@H](Cc2ccccc2)[C@H](O)[C@@H](O)[C@@H](Cc2ccccc2)N1CCN1CCOCC1. The van der Waals surface area contributed by atoms with E-state index >= 15 is 0 Å². The molecule has 0 spiro atoms. The number of ether oxygens (including phenoxy) is 2. The number of hydrogen-bond acceptors (Lipinski definition) is 7. The summed E-state index contributed by atoms with van der Waals surface area (Å²) < 4.78 is 11.0. The second kappa shape index (κ2) is 14.4. The molecule has 40 heavy (non-hydrogen) atoms. The van der Waals surface area contributed by atoms with E-state index in [1.807, 2.05) is 70.5 Å². The van der Waals surface area contributed by atoms with Gasteiger partial charge in [-0.15, -0.1) is 0 Å². The summed E-state index contributed by atoms with van der Waals surface area (Å²) in [5, 5.41) is 23.5. The number of rotatable bonds is 10. The van der Waals surface area contributed by atoms with Crippen molar-refractivity contribution in [2.75, 3.05) is 78.8 Å². The van der Waals surface area contributed by atoms with E-state index in [1.54, 1.807) is 0 Å². The number of carbonyl (C=O) groups excluding carboxylic acids is 1. The Morgan fingerprint density at radius 3 is 1.35 bits per heavy atom. The number of aliphatic hydroxyl groups is 2. The fourth-order valence-electron chi connectivity index (χ4n) is 6.12. The minimum atomic E-state index is -1.09. The van der Waals surface area contributed by atoms with Crippen LogP contribution in [0.1, 0.15) is 11.1 Å². The molecule has 9 nitrogen and oxygen atoms in total. The molecule has 5 rings (SSSR count). The predicted molar refractivity (Wildman–Crippen MR) is 153 cm³/mol. The summed E-state index contributed by atoms with van der Waals surface area (Å²) in [5.74, 6) is 0. The van der Waals surface area contributed by atoms with Crippen LogP contribution >= 0.6 is 0 Å². The van der Waals surface area contributed by atoms with Crippen molar-refractivity contribution in [2.45, 2.75) is 37.1 Å². The molecule has 3 aliphatic rings. The molecule has 0 aliphatic carbocycles. The van der Waals surface area contributed by atoms with Gasteiger partial charge in [-0.05, 0) is 24.0 Å². The lowest BCUT2D eigenvalue weighted by atomic mass is 9.91. The van der Waals surface area contributed by atoms with E-state index in [0.717, 1.165) is 37.3 Å². The van der Waals surface area contributed by atoms with Crippen LogP contribution in [0.15, 0.2) is 60.7 Å². The van der Waals surface area contributed by atoms with Gasteiger partial charge >= 0.3 is 6.03 Å². The highest BCUT2D eigenvalue weighted by atomic mass is 16.5. The molecule has 0 saturated carbocycles. The van der Waals surface area contributed by atoms with Crippen LogP contribution in [-0.2, 0) is 22.3 Å². The zero-order chi connectivity index (χ0) is 27.7. The van der Waals surface area contributed by atoms with Crippen molar-refractivity contribution >= 4 is 6.03 Å². The van der Waals surface area contributed by atoms with E-state index in [1.165, 1.54) is 0 Å². The van der Waals surface area contributed by atoms with Gasteiger partial charge in [-0.3, -0.25) is 9.80 Å². The number of urea groups is 1. The molecule has 0 unspecified atom stereocenters. The molecule has 9 heteroatoms. The lowest BCUT2D eigenvalue weighted by Gasteiger charge is -2.38. The van der Waals surface area contributed by atoms with Gasteiger partial charge in [0.25, 0.3) is 0 Å². The van der Waals surface area contributed by atoms with Crippen LogP contribution in [0.25, 0.3) is 0 Å². The Labute approximate surface area is 237 Å². The monoisotopic (exact) mass is 552 g/mol. The average molecular weight is 553 g/mol. The van der Waals surface area contributed by atoms with E-state index < -0.39 is 24.3 Å². The molecular formula is C31H44N4O5. The molecule has 0 bridgehead atoms. The Balaban J connectivity index is 1.44. The summed E-state index contributed by atoms with van der Waals surface area (Å²) >= 11 is 0. The molecule has 0 aromatic heterocycles. The van der Waals surface area contributed by atoms with E-state index in [4.69, 9.17) is 9.47 Å². The van der Waals surface area contributed by atoms with Crippen LogP contribution in [0.2, 0.25) is 0 Å². The number of amides is 2. The van der Waals surface area contributed by atoms with Crippen LogP contribution in [0.4, 0.5) is 4.79 Å². The third-order valence-electron chi connectivity index (χ3n) is 8.53. The Hall–Kier alpha value is -2.53. The lowest BCUT2D eigenvalue weighted by molar-refractivity contribution is -0.0418. The van der Waals surface area contributed by atoms with Crippen molar-refractivity contribution in [3.05, 3.63) is 71.8 Å². The molecular weight excluding hydrogens is 508 g/mol. The van der Waals surface area contributed by atoms with E-state index in [9.17, 15) is 15.0 Å². The van der Waals surface area contributed by atoms with Crippen molar-refractivity contribution in [1.82, 2.24) is 19.6 Å². The van der Waals surface area contributed by atoms with E-state index in [-0.39, 0.29) is 6.03 Å². The van der Waals surface area contributed by atoms with Gasteiger partial charge in [-0.1, -0.05) is 60.7 Å². The highest BCUT2D eigenvalue weighted by Crippen LogP contribution is 2.27. The molecule has 4 atom stereocenters. The largest absolute Gasteiger partial charge is 0.388 e. The summed E-state index contributed by atoms with van der Waals surface area (Å²) in [6.07, 6.45) is -1.22. The lowest BCUT2D eigenvalue weighted by Crippen LogP contribution is -2.55. The molecule has 2 amide bonds. The first-order valence-electron chi connectivity index (χ1n) is 14.7. The number of nitrogens with zero attached hydrogens (tertiary/aromatic N) is 4. The van der Waals surface area contributed by atoms with Gasteiger partial charge in [-0.25, -0.2) is 4.79 Å². The third kappa shape index (κ3) is 7.40. The van der Waals surface area contributed by atoms with Crippen LogP contribution in [-0.4, -0.2) is 139 Å². The molecule has 3 fully saturated rings. The standard InChI is InChI=1S/C31H44N4O5/c36-29-27(23-25-7-3-1-4-8-25)34(13-11-32-15-19-39-20-16-32)31(38)35(14-12-33-17-21-40-22-18-33)28(30(29)37)24-26-9-5-2-6-10-26/h1-10,27-30,36-37H,11-24H2/t27-,28-,29+,30+/m1/s1. The van der Waals surface area contributed by atoms with Crippen LogP contribution in [0.3, 0.4) is 0 Å². The van der Waals surface area contributed by atoms with Gasteiger partial charge in [-0.2, -0.15) is 0 Å². The molecule has 3 aliphatic heterocycles. The Morgan fingerprint density at radius 1 is 0.600 bits per heavy atom. The summed E-state index contributed by atoms with van der Waals surface area (Å²) in [6.45, 7) is 8.41. The molecule has 0 radical (unpaired) electrons. The Kier molecular flexibility index (Phi) is 10.4. The van der Waals surface area contributed by atoms with Gasteiger partial charge < -0.3 is 29.5 Å². The second-order valence-electron chi connectivity index (χ2n) is 11.1. The number of carbonyl (C=O) groups is 1. The zero-order valence-electron chi connectivity index (χ0n) is 23.4. The first-order chi connectivity index (χ1) is 19.6. The smallest absolute Gasteiger partial charge is 0.320 e. The van der Waals surface area contributed by atoms with Gasteiger partial charge in [0.2, 0.25) is 0 Å². The van der Waals surface area contributed by atoms with Crippen LogP contribution < -0.4 is 0 Å². The molecule has 218 valence electrons. The first-order valence-corrected chi connectivity index (χ1v) is 14.7. The second-order valence-corrected chi connectivity index (χ2v) is 11.1. The fraction of sp³-hybridized carbons (Fsp3) is 0.581. The molecule has 3 heterocycles.